The first kappa shape index (κ1) is 13.4. The monoisotopic (exact) mass is 244 g/mol. The summed E-state index contributed by atoms with van der Waals surface area (Å²) >= 11 is 0. The fourth-order valence-electron chi connectivity index (χ4n) is 1.01. The minimum Gasteiger partial charge on any atom is -0.376 e. The number of aliphatic hydroxyl groups excluding tert-OH is 3. The van der Waals surface area contributed by atoms with Gasteiger partial charge in [-0.15, -0.1) is 0 Å². The van der Waals surface area contributed by atoms with E-state index in [9.17, 15) is 0 Å². The van der Waals surface area contributed by atoms with Crippen LogP contribution in [0.5, 0.6) is 0 Å². The zero-order chi connectivity index (χ0) is 12.8. The van der Waals surface area contributed by atoms with E-state index < -0.39 is 13.5 Å². The molecule has 17 heavy (non-hydrogen) atoms. The van der Waals surface area contributed by atoms with E-state index in [1.165, 1.54) is 4.90 Å². The highest BCUT2D eigenvalue weighted by Crippen LogP contribution is 2.14. The van der Waals surface area contributed by atoms with Gasteiger partial charge in [-0.1, -0.05) is 0 Å². The van der Waals surface area contributed by atoms with E-state index in [0.717, 1.165) is 4.90 Å². The molecule has 0 amide bonds. The average Bonchev–Trinajstić information content (AvgIpc) is 2.38. The van der Waals surface area contributed by atoms with Crippen LogP contribution in [0.3, 0.4) is 0 Å². The van der Waals surface area contributed by atoms with Gasteiger partial charge in [0.15, 0.2) is 0 Å². The Morgan fingerprint density at radius 1 is 1.00 bits per heavy atom. The molecule has 9 heteroatoms. The van der Waals surface area contributed by atoms with Gasteiger partial charge in [-0.2, -0.15) is 15.0 Å². The van der Waals surface area contributed by atoms with Crippen molar-refractivity contribution in [3.05, 3.63) is 0 Å². The second kappa shape index (κ2) is 6.13. The number of nitrogens with zero attached hydrogens (tertiary/aromatic N) is 5. The van der Waals surface area contributed by atoms with Crippen LogP contribution in [0.1, 0.15) is 0 Å². The zero-order valence-corrected chi connectivity index (χ0v) is 9.70. The Balaban J connectivity index is 3.12. The van der Waals surface area contributed by atoms with E-state index in [1.54, 1.807) is 14.1 Å². The molecule has 0 bridgehead atoms. The Morgan fingerprint density at radius 3 is 2.06 bits per heavy atom. The molecule has 4 N–H and O–H groups in total. The minimum absolute atomic E-state index is 0.115. The summed E-state index contributed by atoms with van der Waals surface area (Å²) in [6, 6.07) is 0. The summed E-state index contributed by atoms with van der Waals surface area (Å²) in [6.07, 6.45) is 0. The summed E-state index contributed by atoms with van der Waals surface area (Å²) in [5.41, 5.74) is 0. The molecule has 0 spiro atoms. The third-order valence-electron chi connectivity index (χ3n) is 2.01. The van der Waals surface area contributed by atoms with Crippen molar-refractivity contribution in [1.82, 2.24) is 15.0 Å². The number of hydrogen-bond acceptors (Lipinski definition) is 9. The van der Waals surface area contributed by atoms with Gasteiger partial charge in [-0.05, 0) is 0 Å². The lowest BCUT2D eigenvalue weighted by Gasteiger charge is -2.20. The molecule has 0 aromatic carbocycles. The molecule has 0 unspecified atom stereocenters. The molecule has 0 aliphatic rings. The van der Waals surface area contributed by atoms with E-state index in [2.05, 4.69) is 20.3 Å². The smallest absolute Gasteiger partial charge is 0.235 e. The third-order valence-corrected chi connectivity index (χ3v) is 2.01. The van der Waals surface area contributed by atoms with Gasteiger partial charge in [0.25, 0.3) is 0 Å². The molecular weight excluding hydrogens is 228 g/mol. The fraction of sp³-hybridized carbons (Fsp3) is 0.625. The van der Waals surface area contributed by atoms with Crippen molar-refractivity contribution in [2.75, 3.05) is 49.4 Å². The van der Waals surface area contributed by atoms with Gasteiger partial charge in [0.05, 0.1) is 0 Å². The fourth-order valence-corrected chi connectivity index (χ4v) is 1.01. The number of aliphatic hydroxyl groups is 3. The van der Waals surface area contributed by atoms with Crippen molar-refractivity contribution in [2.45, 2.75) is 0 Å². The third kappa shape index (κ3) is 3.12. The quantitative estimate of drug-likeness (QED) is 0.421. The van der Waals surface area contributed by atoms with Crippen molar-refractivity contribution in [2.24, 2.45) is 0 Å². The topological polar surface area (TPSA) is 118 Å². The van der Waals surface area contributed by atoms with Gasteiger partial charge in [-0.25, -0.2) is 0 Å². The van der Waals surface area contributed by atoms with Crippen molar-refractivity contribution < 1.29 is 15.3 Å². The predicted molar refractivity (Wildman–Crippen MR) is 61.5 cm³/mol. The van der Waals surface area contributed by atoms with Gasteiger partial charge in [0.1, 0.15) is 20.2 Å². The normalized spacial score (nSPS) is 10.2. The Kier molecular flexibility index (Phi) is 4.82. The SMILES string of the molecule is CNc1nc(N(C)CO)nc(N(CO)CO)n1. The highest BCUT2D eigenvalue weighted by Gasteiger charge is 2.13. The van der Waals surface area contributed by atoms with Gasteiger partial charge in [0, 0.05) is 14.1 Å². The number of anilines is 3. The first-order valence-electron chi connectivity index (χ1n) is 4.88. The highest BCUT2D eigenvalue weighted by molar-refractivity contribution is 5.43. The van der Waals surface area contributed by atoms with Gasteiger partial charge in [-0.3, -0.25) is 4.90 Å². The van der Waals surface area contributed by atoms with E-state index in [0.29, 0.717) is 0 Å². The molecule has 1 aromatic rings. The molecule has 0 fully saturated rings. The van der Waals surface area contributed by atoms with Gasteiger partial charge in [0.2, 0.25) is 17.8 Å². The maximum Gasteiger partial charge on any atom is 0.235 e. The van der Waals surface area contributed by atoms with Crippen LogP contribution >= 0.6 is 0 Å². The molecule has 0 aliphatic carbocycles. The standard InChI is InChI=1S/C8H16N6O3/c1-9-6-10-7(13(2)3-15)12-8(11-6)14(4-16)5-17/h15-17H,3-5H2,1-2H3,(H,9,10,11,12). The summed E-state index contributed by atoms with van der Waals surface area (Å²) < 4.78 is 0. The van der Waals surface area contributed by atoms with Crippen molar-refractivity contribution in [3.63, 3.8) is 0 Å². The Hall–Kier alpha value is -1.71. The van der Waals surface area contributed by atoms with E-state index in [1.807, 2.05) is 0 Å². The second-order valence-electron chi connectivity index (χ2n) is 3.17. The lowest BCUT2D eigenvalue weighted by atomic mass is 10.7. The summed E-state index contributed by atoms with van der Waals surface area (Å²) in [5.74, 6) is 0.621. The highest BCUT2D eigenvalue weighted by atomic mass is 16.3. The van der Waals surface area contributed by atoms with E-state index in [4.69, 9.17) is 15.3 Å². The zero-order valence-electron chi connectivity index (χ0n) is 9.70. The maximum absolute atomic E-state index is 9.01. The molecule has 9 nitrogen and oxygen atoms in total. The van der Waals surface area contributed by atoms with Crippen molar-refractivity contribution >= 4 is 17.8 Å². The van der Waals surface area contributed by atoms with Crippen LogP contribution in [0.25, 0.3) is 0 Å². The Morgan fingerprint density at radius 2 is 1.59 bits per heavy atom. The first-order valence-corrected chi connectivity index (χ1v) is 4.88. The largest absolute Gasteiger partial charge is 0.376 e. The van der Waals surface area contributed by atoms with Crippen LogP contribution in [0.4, 0.5) is 17.8 Å². The molecule has 1 aromatic heterocycles. The molecule has 1 heterocycles. The van der Waals surface area contributed by atoms with Gasteiger partial charge >= 0.3 is 0 Å². The van der Waals surface area contributed by atoms with Crippen LogP contribution in [-0.2, 0) is 0 Å². The Labute approximate surface area is 98.4 Å². The molecule has 0 saturated carbocycles. The van der Waals surface area contributed by atoms with Crippen LogP contribution in [-0.4, -0.2) is 64.6 Å². The lowest BCUT2D eigenvalue weighted by Crippen LogP contribution is -2.29. The number of nitrogens with one attached hydrogen (secondary N) is 1. The Bertz CT molecular complexity index is 359. The van der Waals surface area contributed by atoms with Crippen LogP contribution in [0.15, 0.2) is 0 Å². The lowest BCUT2D eigenvalue weighted by molar-refractivity contribution is 0.220. The molecule has 0 aliphatic heterocycles. The molecular formula is C8H16N6O3. The van der Waals surface area contributed by atoms with Crippen LogP contribution in [0.2, 0.25) is 0 Å². The minimum atomic E-state index is -0.425. The van der Waals surface area contributed by atoms with Crippen LogP contribution in [0, 0.1) is 0 Å². The number of rotatable bonds is 6. The molecule has 1 rings (SSSR count). The van der Waals surface area contributed by atoms with E-state index >= 15 is 0 Å². The molecule has 96 valence electrons. The summed E-state index contributed by atoms with van der Waals surface area (Å²) in [4.78, 5) is 14.5. The molecule has 0 saturated heterocycles. The molecule has 0 atom stereocenters. The van der Waals surface area contributed by atoms with E-state index in [-0.39, 0.29) is 24.6 Å². The van der Waals surface area contributed by atoms with Gasteiger partial charge < -0.3 is 25.5 Å². The molecule has 0 radical (unpaired) electrons. The number of aromatic nitrogens is 3. The average molecular weight is 244 g/mol. The van der Waals surface area contributed by atoms with Crippen molar-refractivity contribution in [3.8, 4) is 0 Å². The predicted octanol–water partition coefficient (Wildman–Crippen LogP) is -1.99. The summed E-state index contributed by atoms with van der Waals surface area (Å²) in [7, 11) is 3.23. The summed E-state index contributed by atoms with van der Waals surface area (Å²) in [6.45, 7) is -1.11. The number of hydrogen-bond donors (Lipinski definition) is 4. The van der Waals surface area contributed by atoms with Crippen molar-refractivity contribution in [1.29, 1.82) is 0 Å². The second-order valence-corrected chi connectivity index (χ2v) is 3.17. The first-order chi connectivity index (χ1) is 8.15. The summed E-state index contributed by atoms with van der Waals surface area (Å²) in [5, 5.41) is 29.7. The van der Waals surface area contributed by atoms with Crippen LogP contribution < -0.4 is 15.1 Å². The maximum atomic E-state index is 9.01.